The van der Waals surface area contributed by atoms with Gasteiger partial charge in [-0.25, -0.2) is 0 Å². The van der Waals surface area contributed by atoms with Crippen LogP contribution in [0.4, 0.5) is 0 Å². The monoisotopic (exact) mass is 254 g/mol. The average molecular weight is 255 g/mol. The van der Waals surface area contributed by atoms with Crippen molar-refractivity contribution in [3.63, 3.8) is 0 Å². The molecule has 0 amide bonds. The molecule has 0 saturated heterocycles. The molecule has 2 rings (SSSR count). The van der Waals surface area contributed by atoms with Crippen LogP contribution < -0.4 is 4.74 Å². The molecule has 0 fully saturated rings. The van der Waals surface area contributed by atoms with Crippen molar-refractivity contribution in [2.24, 2.45) is 0 Å². The zero-order chi connectivity index (χ0) is 11.5. The second-order valence-electron chi connectivity index (χ2n) is 3.53. The van der Waals surface area contributed by atoms with E-state index in [1.165, 1.54) is 22.7 Å². The van der Waals surface area contributed by atoms with Gasteiger partial charge in [0.15, 0.2) is 0 Å². The molecule has 0 spiro atoms. The predicted octanol–water partition coefficient (Wildman–Crippen LogP) is 3.39. The highest BCUT2D eigenvalue weighted by atomic mass is 35.5. The molecular weight excluding hydrogens is 244 g/mol. The summed E-state index contributed by atoms with van der Waals surface area (Å²) in [4.78, 5) is 0. The zero-order valence-electron chi connectivity index (χ0n) is 9.03. The number of hydrogen-bond acceptors (Lipinski definition) is 4. The zero-order valence-corrected chi connectivity index (χ0v) is 10.6. The van der Waals surface area contributed by atoms with Crippen molar-refractivity contribution >= 4 is 23.1 Å². The summed E-state index contributed by atoms with van der Waals surface area (Å²) in [6.45, 7) is 4.48. The number of hydrogen-bond donors (Lipinski definition) is 0. The first kappa shape index (κ1) is 11.4. The summed E-state index contributed by atoms with van der Waals surface area (Å²) in [5, 5.41) is 3.88. The van der Waals surface area contributed by atoms with Gasteiger partial charge in [-0.05, 0) is 37.1 Å². The van der Waals surface area contributed by atoms with Crippen LogP contribution in [0, 0.1) is 13.8 Å². The maximum Gasteiger partial charge on any atom is 0.141 e. The summed E-state index contributed by atoms with van der Waals surface area (Å²) >= 11 is 7.05. The van der Waals surface area contributed by atoms with E-state index in [2.05, 4.69) is 23.4 Å². The lowest BCUT2D eigenvalue weighted by Gasteiger charge is -2.06. The number of benzene rings is 1. The van der Waals surface area contributed by atoms with Gasteiger partial charge in [0.25, 0.3) is 0 Å². The third-order valence-corrected chi connectivity index (χ3v) is 3.35. The second kappa shape index (κ2) is 4.80. The molecule has 1 aromatic carbocycles. The van der Waals surface area contributed by atoms with Gasteiger partial charge in [0.05, 0.1) is 0 Å². The minimum absolute atomic E-state index is 0.359. The van der Waals surface area contributed by atoms with Crippen molar-refractivity contribution in [1.82, 2.24) is 9.59 Å². The lowest BCUT2D eigenvalue weighted by atomic mass is 10.1. The molecule has 16 heavy (non-hydrogen) atoms. The third-order valence-electron chi connectivity index (χ3n) is 2.36. The highest BCUT2D eigenvalue weighted by molar-refractivity contribution is 7.10. The number of rotatable bonds is 3. The average Bonchev–Trinajstić information content (AvgIpc) is 2.66. The van der Waals surface area contributed by atoms with Gasteiger partial charge in [-0.1, -0.05) is 22.2 Å². The fourth-order valence-electron chi connectivity index (χ4n) is 1.24. The molecule has 0 aliphatic carbocycles. The highest BCUT2D eigenvalue weighted by Crippen LogP contribution is 2.21. The van der Waals surface area contributed by atoms with Crippen molar-refractivity contribution in [3.05, 3.63) is 39.4 Å². The Morgan fingerprint density at radius 3 is 2.75 bits per heavy atom. The van der Waals surface area contributed by atoms with Gasteiger partial charge in [0.2, 0.25) is 0 Å². The van der Waals surface area contributed by atoms with Gasteiger partial charge in [-0.15, -0.1) is 5.10 Å². The molecule has 0 bridgehead atoms. The number of aryl methyl sites for hydroxylation is 2. The quantitative estimate of drug-likeness (QED) is 0.842. The fraction of sp³-hybridized carbons (Fsp3) is 0.273. The van der Waals surface area contributed by atoms with E-state index in [0.717, 1.165) is 5.75 Å². The number of nitrogens with zero attached hydrogens (tertiary/aromatic N) is 2. The minimum Gasteiger partial charge on any atom is -0.487 e. The lowest BCUT2D eigenvalue weighted by molar-refractivity contribution is 0.301. The Hall–Kier alpha value is -1.13. The molecule has 0 aliphatic rings. The number of halogens is 1. The SMILES string of the molecule is Cc1ccc(OCc2nnsc2Cl)cc1C. The summed E-state index contributed by atoms with van der Waals surface area (Å²) in [7, 11) is 0. The summed E-state index contributed by atoms with van der Waals surface area (Å²) in [5.74, 6) is 0.826. The molecule has 1 heterocycles. The summed E-state index contributed by atoms with van der Waals surface area (Å²) in [6.07, 6.45) is 0. The van der Waals surface area contributed by atoms with Crippen LogP contribution in [0.1, 0.15) is 16.8 Å². The van der Waals surface area contributed by atoms with Crippen LogP contribution in [0.2, 0.25) is 4.34 Å². The Bertz CT molecular complexity index is 498. The predicted molar refractivity (Wildman–Crippen MR) is 65.2 cm³/mol. The van der Waals surface area contributed by atoms with Crippen molar-refractivity contribution < 1.29 is 4.74 Å². The number of aromatic nitrogens is 2. The van der Waals surface area contributed by atoms with E-state index >= 15 is 0 Å². The minimum atomic E-state index is 0.359. The molecule has 0 N–H and O–H groups in total. The van der Waals surface area contributed by atoms with Crippen LogP contribution in [0.15, 0.2) is 18.2 Å². The molecule has 1 aromatic heterocycles. The maximum absolute atomic E-state index is 5.88. The van der Waals surface area contributed by atoms with E-state index in [1.807, 2.05) is 18.2 Å². The van der Waals surface area contributed by atoms with Gasteiger partial charge < -0.3 is 4.74 Å². The van der Waals surface area contributed by atoms with E-state index in [1.54, 1.807) is 0 Å². The third kappa shape index (κ3) is 2.51. The van der Waals surface area contributed by atoms with Crippen LogP contribution in [0.5, 0.6) is 5.75 Å². The van der Waals surface area contributed by atoms with E-state index in [-0.39, 0.29) is 0 Å². The summed E-state index contributed by atoms with van der Waals surface area (Å²) < 4.78 is 9.92. The molecular formula is C11H11ClN2OS. The molecule has 0 saturated carbocycles. The Morgan fingerprint density at radius 2 is 2.12 bits per heavy atom. The summed E-state index contributed by atoms with van der Waals surface area (Å²) in [6, 6.07) is 5.98. The molecule has 0 radical (unpaired) electrons. The van der Waals surface area contributed by atoms with Crippen molar-refractivity contribution in [1.29, 1.82) is 0 Å². The van der Waals surface area contributed by atoms with Crippen LogP contribution in [0.3, 0.4) is 0 Å². The normalized spacial score (nSPS) is 10.4. The first-order valence-electron chi connectivity index (χ1n) is 4.83. The molecule has 2 aromatic rings. The number of ether oxygens (including phenoxy) is 1. The Kier molecular flexibility index (Phi) is 3.41. The Labute approximate surface area is 103 Å². The Balaban J connectivity index is 2.05. The van der Waals surface area contributed by atoms with Crippen LogP contribution >= 0.6 is 23.1 Å². The van der Waals surface area contributed by atoms with Crippen molar-refractivity contribution in [3.8, 4) is 5.75 Å². The smallest absolute Gasteiger partial charge is 0.141 e. The topological polar surface area (TPSA) is 35.0 Å². The van der Waals surface area contributed by atoms with E-state index in [9.17, 15) is 0 Å². The highest BCUT2D eigenvalue weighted by Gasteiger charge is 2.06. The van der Waals surface area contributed by atoms with Gasteiger partial charge in [-0.3, -0.25) is 0 Å². The van der Waals surface area contributed by atoms with E-state index in [4.69, 9.17) is 16.3 Å². The van der Waals surface area contributed by atoms with Crippen molar-refractivity contribution in [2.45, 2.75) is 20.5 Å². The second-order valence-corrected chi connectivity index (χ2v) is 4.88. The van der Waals surface area contributed by atoms with Gasteiger partial charge in [-0.2, -0.15) is 0 Å². The standard InChI is InChI=1S/C11H11ClN2OS/c1-7-3-4-9(5-8(7)2)15-6-10-11(12)16-14-13-10/h3-5H,6H2,1-2H3. The summed E-state index contributed by atoms with van der Waals surface area (Å²) in [5.41, 5.74) is 3.14. The Morgan fingerprint density at radius 1 is 1.31 bits per heavy atom. The first-order valence-corrected chi connectivity index (χ1v) is 5.99. The van der Waals surface area contributed by atoms with Crippen LogP contribution in [-0.4, -0.2) is 9.59 Å². The van der Waals surface area contributed by atoms with Crippen LogP contribution in [0.25, 0.3) is 0 Å². The van der Waals surface area contributed by atoms with Gasteiger partial charge >= 0.3 is 0 Å². The van der Waals surface area contributed by atoms with E-state index < -0.39 is 0 Å². The molecule has 3 nitrogen and oxygen atoms in total. The molecule has 0 unspecified atom stereocenters. The molecule has 0 atom stereocenters. The first-order chi connectivity index (χ1) is 7.66. The van der Waals surface area contributed by atoms with Gasteiger partial charge in [0.1, 0.15) is 22.4 Å². The van der Waals surface area contributed by atoms with E-state index in [0.29, 0.717) is 16.6 Å². The van der Waals surface area contributed by atoms with Gasteiger partial charge in [0, 0.05) is 11.5 Å². The van der Waals surface area contributed by atoms with Crippen molar-refractivity contribution in [2.75, 3.05) is 0 Å². The van der Waals surface area contributed by atoms with Crippen LogP contribution in [-0.2, 0) is 6.61 Å². The lowest BCUT2D eigenvalue weighted by Crippen LogP contribution is -1.97. The largest absolute Gasteiger partial charge is 0.487 e. The fourth-order valence-corrected chi connectivity index (χ4v) is 1.84. The molecule has 84 valence electrons. The molecule has 0 aliphatic heterocycles. The molecule has 5 heteroatoms. The maximum atomic E-state index is 5.88.